The Labute approximate surface area is 173 Å². The van der Waals surface area contributed by atoms with E-state index in [1.165, 1.54) is 34.6 Å². The van der Waals surface area contributed by atoms with Gasteiger partial charge in [-0.05, 0) is 49.2 Å². The molecule has 0 spiro atoms. The number of carbonyl (C=O) groups is 1. The maximum absolute atomic E-state index is 12.8. The van der Waals surface area contributed by atoms with Crippen LogP contribution in [0.3, 0.4) is 0 Å². The van der Waals surface area contributed by atoms with Gasteiger partial charge >= 0.3 is 0 Å². The lowest BCUT2D eigenvalue weighted by Gasteiger charge is -2.20. The number of anilines is 1. The highest BCUT2D eigenvalue weighted by molar-refractivity contribution is 7.99. The Morgan fingerprint density at radius 1 is 0.966 bits per heavy atom. The highest BCUT2D eigenvalue weighted by Crippen LogP contribution is 2.32. The Balaban J connectivity index is 1.74. The monoisotopic (exact) mass is 440 g/mol. The number of hydrogen-bond acceptors (Lipinski definition) is 4. The van der Waals surface area contributed by atoms with Gasteiger partial charge < -0.3 is 5.32 Å². The lowest BCUT2D eigenvalue weighted by atomic mass is 10.2. The Bertz CT molecular complexity index is 942. The molecule has 156 valence electrons. The molecule has 0 atom stereocenters. The van der Waals surface area contributed by atoms with Crippen LogP contribution in [-0.4, -0.2) is 37.5 Å². The smallest absolute Gasteiger partial charge is 0.288 e. The quantitative estimate of drug-likeness (QED) is 0.654. The number of halogens is 2. The molecule has 0 aliphatic carbocycles. The molecule has 0 radical (unpaired) electrons. The minimum absolute atomic E-state index is 0.143. The molecular weight excluding hydrogens is 418 g/mol. The molecule has 0 unspecified atom stereocenters. The second-order valence-electron chi connectivity index (χ2n) is 6.67. The fraction of sp³-hybridized carbons (Fsp3) is 0.350. The van der Waals surface area contributed by atoms with Crippen molar-refractivity contribution in [3.8, 4) is 0 Å². The van der Waals surface area contributed by atoms with Crippen molar-refractivity contribution in [2.75, 3.05) is 18.4 Å². The number of hydrogen-bond donors (Lipinski definition) is 1. The number of benzene rings is 2. The van der Waals surface area contributed by atoms with Gasteiger partial charge in [0.1, 0.15) is 0 Å². The van der Waals surface area contributed by atoms with Crippen molar-refractivity contribution in [2.24, 2.45) is 0 Å². The first-order valence-corrected chi connectivity index (χ1v) is 11.7. The highest BCUT2D eigenvalue weighted by atomic mass is 32.2. The summed E-state index contributed by atoms with van der Waals surface area (Å²) in [6.45, 7) is 1.01. The van der Waals surface area contributed by atoms with E-state index in [1.54, 1.807) is 18.2 Å². The van der Waals surface area contributed by atoms with Gasteiger partial charge in [0.05, 0.1) is 10.6 Å². The summed E-state index contributed by atoms with van der Waals surface area (Å²) in [6.07, 6.45) is 3.73. The molecular formula is C20H22F2N2O3S2. The van der Waals surface area contributed by atoms with E-state index < -0.39 is 21.7 Å². The SMILES string of the molecule is O=C(Nc1ccccc1SC(F)F)c1ccc(S(=O)(=O)N2CCCCCC2)cc1. The minimum atomic E-state index is -3.59. The number of thioether (sulfide) groups is 1. The number of alkyl halides is 2. The van der Waals surface area contributed by atoms with Gasteiger partial charge in [-0.15, -0.1) is 0 Å². The van der Waals surface area contributed by atoms with E-state index in [4.69, 9.17) is 0 Å². The molecule has 29 heavy (non-hydrogen) atoms. The van der Waals surface area contributed by atoms with Crippen molar-refractivity contribution in [3.63, 3.8) is 0 Å². The summed E-state index contributed by atoms with van der Waals surface area (Å²) < 4.78 is 52.5. The van der Waals surface area contributed by atoms with Crippen LogP contribution in [0.25, 0.3) is 0 Å². The zero-order valence-corrected chi connectivity index (χ0v) is 17.3. The zero-order chi connectivity index (χ0) is 20.9. The minimum Gasteiger partial charge on any atom is -0.321 e. The first kappa shape index (κ1) is 21.7. The third kappa shape index (κ3) is 5.55. The van der Waals surface area contributed by atoms with E-state index in [0.717, 1.165) is 25.7 Å². The number of nitrogens with zero attached hydrogens (tertiary/aromatic N) is 1. The first-order chi connectivity index (χ1) is 13.9. The molecule has 3 rings (SSSR count). The summed E-state index contributed by atoms with van der Waals surface area (Å²) in [7, 11) is -3.59. The van der Waals surface area contributed by atoms with E-state index in [-0.39, 0.29) is 21.0 Å². The van der Waals surface area contributed by atoms with Crippen LogP contribution in [0.1, 0.15) is 36.0 Å². The molecule has 1 saturated heterocycles. The van der Waals surface area contributed by atoms with Gasteiger partial charge in [0.15, 0.2) is 0 Å². The molecule has 1 aliphatic heterocycles. The molecule has 2 aromatic rings. The van der Waals surface area contributed by atoms with Gasteiger partial charge in [0.25, 0.3) is 11.7 Å². The van der Waals surface area contributed by atoms with Crippen LogP contribution in [0.15, 0.2) is 58.3 Å². The van der Waals surface area contributed by atoms with E-state index >= 15 is 0 Å². The Morgan fingerprint density at radius 2 is 1.59 bits per heavy atom. The van der Waals surface area contributed by atoms with Gasteiger partial charge in [0.2, 0.25) is 10.0 Å². The number of sulfonamides is 1. The van der Waals surface area contributed by atoms with Crippen molar-refractivity contribution in [2.45, 2.75) is 41.2 Å². The van der Waals surface area contributed by atoms with Crippen LogP contribution in [0.5, 0.6) is 0 Å². The van der Waals surface area contributed by atoms with Crippen molar-refractivity contribution >= 4 is 33.4 Å². The largest absolute Gasteiger partial charge is 0.321 e. The number of nitrogens with one attached hydrogen (secondary N) is 1. The normalized spacial score (nSPS) is 15.8. The molecule has 1 amide bonds. The Kier molecular flexibility index (Phi) is 7.26. The lowest BCUT2D eigenvalue weighted by Crippen LogP contribution is -2.31. The Morgan fingerprint density at radius 3 is 2.21 bits per heavy atom. The number of rotatable bonds is 6. The second-order valence-corrected chi connectivity index (χ2v) is 9.64. The molecule has 0 aromatic heterocycles. The summed E-state index contributed by atoms with van der Waals surface area (Å²) in [6, 6.07) is 12.0. The summed E-state index contributed by atoms with van der Waals surface area (Å²) in [5.74, 6) is -3.09. The zero-order valence-electron chi connectivity index (χ0n) is 15.7. The second kappa shape index (κ2) is 9.69. The molecule has 2 aromatic carbocycles. The van der Waals surface area contributed by atoms with E-state index in [9.17, 15) is 22.0 Å². The van der Waals surface area contributed by atoms with E-state index in [2.05, 4.69) is 5.32 Å². The fourth-order valence-electron chi connectivity index (χ4n) is 3.17. The van der Waals surface area contributed by atoms with Crippen molar-refractivity contribution in [3.05, 3.63) is 54.1 Å². The first-order valence-electron chi connectivity index (χ1n) is 9.33. The van der Waals surface area contributed by atoms with Crippen molar-refractivity contribution in [1.82, 2.24) is 4.31 Å². The average molecular weight is 441 g/mol. The number of amides is 1. The maximum atomic E-state index is 12.8. The van der Waals surface area contributed by atoms with Gasteiger partial charge in [-0.2, -0.15) is 13.1 Å². The molecule has 0 saturated carbocycles. The molecule has 1 heterocycles. The summed E-state index contributed by atoms with van der Waals surface area (Å²) in [4.78, 5) is 12.9. The van der Waals surface area contributed by atoms with Crippen LogP contribution >= 0.6 is 11.8 Å². The summed E-state index contributed by atoms with van der Waals surface area (Å²) in [5.41, 5.74) is 0.528. The molecule has 9 heteroatoms. The molecule has 1 fully saturated rings. The Hall–Kier alpha value is -1.97. The van der Waals surface area contributed by atoms with Crippen molar-refractivity contribution < 1.29 is 22.0 Å². The van der Waals surface area contributed by atoms with Crippen LogP contribution in [0.4, 0.5) is 14.5 Å². The van der Waals surface area contributed by atoms with Crippen LogP contribution in [0.2, 0.25) is 0 Å². The fourth-order valence-corrected chi connectivity index (χ4v) is 5.28. The van der Waals surface area contributed by atoms with Gasteiger partial charge in [-0.3, -0.25) is 4.79 Å². The van der Waals surface area contributed by atoms with Crippen LogP contribution < -0.4 is 5.32 Å². The lowest BCUT2D eigenvalue weighted by molar-refractivity contribution is 0.102. The standard InChI is InChI=1S/C20H22F2N2O3S2/c21-20(22)28-18-8-4-3-7-17(18)23-19(25)15-9-11-16(12-10-15)29(26,27)24-13-5-1-2-6-14-24/h3-4,7-12,20H,1-2,5-6,13-14H2,(H,23,25). The summed E-state index contributed by atoms with van der Waals surface area (Å²) >= 11 is 0.353. The predicted octanol–water partition coefficient (Wildman–Crippen LogP) is 4.82. The van der Waals surface area contributed by atoms with Gasteiger partial charge in [-0.1, -0.05) is 36.7 Å². The number of para-hydroxylation sites is 1. The summed E-state index contributed by atoms with van der Waals surface area (Å²) in [5, 5.41) is 2.61. The van der Waals surface area contributed by atoms with E-state index in [1.807, 2.05) is 0 Å². The van der Waals surface area contributed by atoms with Gasteiger partial charge in [0, 0.05) is 23.5 Å². The topological polar surface area (TPSA) is 66.5 Å². The van der Waals surface area contributed by atoms with Gasteiger partial charge in [-0.25, -0.2) is 8.42 Å². The molecule has 0 bridgehead atoms. The van der Waals surface area contributed by atoms with Crippen molar-refractivity contribution in [1.29, 1.82) is 0 Å². The third-order valence-electron chi connectivity index (χ3n) is 4.67. The van der Waals surface area contributed by atoms with E-state index in [0.29, 0.717) is 24.9 Å². The number of carbonyl (C=O) groups excluding carboxylic acids is 1. The maximum Gasteiger partial charge on any atom is 0.288 e. The molecule has 1 N–H and O–H groups in total. The predicted molar refractivity (Wildman–Crippen MR) is 110 cm³/mol. The molecule has 1 aliphatic rings. The average Bonchev–Trinajstić information content (AvgIpc) is 2.99. The van der Waals surface area contributed by atoms with Crippen LogP contribution in [-0.2, 0) is 10.0 Å². The van der Waals surface area contributed by atoms with Crippen LogP contribution in [0, 0.1) is 0 Å². The highest BCUT2D eigenvalue weighted by Gasteiger charge is 2.25. The molecule has 5 nitrogen and oxygen atoms in total. The third-order valence-corrected chi connectivity index (χ3v) is 7.37.